The number of fused-ring (bicyclic) bond motifs is 3. The van der Waals surface area contributed by atoms with E-state index < -0.39 is 158 Å². The molecule has 0 aliphatic carbocycles. The van der Waals surface area contributed by atoms with Crippen molar-refractivity contribution in [2.45, 2.75) is 29.4 Å². The van der Waals surface area contributed by atoms with Gasteiger partial charge in [0.2, 0.25) is 0 Å². The molecule has 0 saturated carbocycles. The van der Waals surface area contributed by atoms with E-state index in [9.17, 15) is 93.1 Å². The van der Waals surface area contributed by atoms with Gasteiger partial charge in [-0.1, -0.05) is 18.2 Å². The fraction of sp³-hybridized carbons (Fsp3) is 0.0233. The first-order valence-corrected chi connectivity index (χ1v) is 29.7. The molecular weight excluding hydrogens is 1190 g/mol. The smallest absolute Gasteiger partial charge is 0.296 e. The minimum atomic E-state index is -5.46. The standard InChI is InChI=1S/C43H31N9O22S6/c1-74-24-9-11-28(30(18-24)76(59,60)61)48-51-38-33(79(68,69)70)14-20-12-22(8-10-25(20)41(38)53)45-50-40-34(80(71,72)73)16-21-15-31(77(62,63)64)37(36(44)35(21)43(40)55)49-46-23-7-6-19-13-32(78(65,66)67)39(42(54)26(19)17-23)52-47-27-4-2-3-5-29(27)75(56,57)58/h2-18,53-55H,44H2,1H3,(H,56,57,58)(H,59,60,61)(H,62,63,64)(H,65,66,67)(H,68,69,70)(H,71,72,73). The number of methoxy groups -OCH3 is 1. The van der Waals surface area contributed by atoms with E-state index in [1.54, 1.807) is 0 Å². The number of rotatable bonds is 15. The number of anilines is 1. The number of phenolic OH excluding ortho intramolecular Hbond substituents is 3. The van der Waals surface area contributed by atoms with Crippen molar-refractivity contribution < 1.29 is 97.9 Å². The monoisotopic (exact) mass is 1220 g/mol. The summed E-state index contributed by atoms with van der Waals surface area (Å²) in [5.74, 6) is -3.27. The highest BCUT2D eigenvalue weighted by Crippen LogP contribution is 2.50. The summed E-state index contributed by atoms with van der Waals surface area (Å²) in [6, 6.07) is 16.6. The second-order valence-electron chi connectivity index (χ2n) is 16.2. The van der Waals surface area contributed by atoms with Gasteiger partial charge in [-0.25, -0.2) is 0 Å². The third-order valence-electron chi connectivity index (χ3n) is 11.1. The van der Waals surface area contributed by atoms with E-state index >= 15 is 0 Å². The molecule has 416 valence electrons. The van der Waals surface area contributed by atoms with Crippen LogP contribution in [0.1, 0.15) is 0 Å². The molecule has 8 aromatic rings. The summed E-state index contributed by atoms with van der Waals surface area (Å²) < 4.78 is 214. The zero-order valence-corrected chi connectivity index (χ0v) is 44.2. The Balaban J connectivity index is 1.23. The molecule has 0 bridgehead atoms. The molecule has 0 heterocycles. The number of benzene rings is 8. The maximum Gasteiger partial charge on any atom is 0.296 e. The van der Waals surface area contributed by atoms with E-state index in [4.69, 9.17) is 10.5 Å². The summed E-state index contributed by atoms with van der Waals surface area (Å²) in [6.45, 7) is 0. The molecule has 0 fully saturated rings. The first-order chi connectivity index (χ1) is 37.1. The Kier molecular flexibility index (Phi) is 14.8. The minimum absolute atomic E-state index is 0.0451. The highest BCUT2D eigenvalue weighted by molar-refractivity contribution is 7.87. The van der Waals surface area contributed by atoms with E-state index in [1.807, 2.05) is 0 Å². The summed E-state index contributed by atoms with van der Waals surface area (Å²) in [7, 11) is -30.1. The van der Waals surface area contributed by atoms with Crippen LogP contribution in [-0.2, 0) is 60.7 Å². The van der Waals surface area contributed by atoms with Gasteiger partial charge in [0.05, 0.1) is 29.6 Å². The maximum atomic E-state index is 12.8. The predicted octanol–water partition coefficient (Wildman–Crippen LogP) is 9.00. The van der Waals surface area contributed by atoms with Gasteiger partial charge in [-0.3, -0.25) is 27.3 Å². The molecule has 0 amide bonds. The Labute approximate surface area is 448 Å². The van der Waals surface area contributed by atoms with Gasteiger partial charge in [0, 0.05) is 16.8 Å². The van der Waals surface area contributed by atoms with E-state index in [0.29, 0.717) is 12.1 Å². The van der Waals surface area contributed by atoms with Gasteiger partial charge in [0.15, 0.2) is 17.2 Å². The van der Waals surface area contributed by atoms with Gasteiger partial charge >= 0.3 is 0 Å². The Morgan fingerprint density at radius 2 is 0.800 bits per heavy atom. The van der Waals surface area contributed by atoms with Crippen molar-refractivity contribution in [2.24, 2.45) is 40.9 Å². The van der Waals surface area contributed by atoms with Gasteiger partial charge in [0.25, 0.3) is 60.7 Å². The van der Waals surface area contributed by atoms with Crippen LogP contribution in [0.2, 0.25) is 0 Å². The Morgan fingerprint density at radius 1 is 0.375 bits per heavy atom. The molecule has 80 heavy (non-hydrogen) atoms. The van der Waals surface area contributed by atoms with Crippen LogP contribution in [0.3, 0.4) is 0 Å². The lowest BCUT2D eigenvalue weighted by molar-refractivity contribution is 0.412. The third kappa shape index (κ3) is 11.6. The summed E-state index contributed by atoms with van der Waals surface area (Å²) in [6.07, 6.45) is 0. The number of phenols is 3. The van der Waals surface area contributed by atoms with Crippen LogP contribution in [0.4, 0.5) is 51.2 Å². The van der Waals surface area contributed by atoms with Crippen LogP contribution >= 0.6 is 0 Å². The number of nitrogens with zero attached hydrogens (tertiary/aromatic N) is 8. The zero-order valence-electron chi connectivity index (χ0n) is 39.3. The Hall–Kier alpha value is -8.60. The van der Waals surface area contributed by atoms with E-state index in [2.05, 4.69) is 40.9 Å². The van der Waals surface area contributed by atoms with Gasteiger partial charge < -0.3 is 25.8 Å². The molecule has 0 atom stereocenters. The molecule has 0 saturated heterocycles. The largest absolute Gasteiger partial charge is 0.505 e. The number of nitrogen functional groups attached to an aromatic ring is 1. The lowest BCUT2D eigenvalue weighted by Crippen LogP contribution is -2.03. The predicted molar refractivity (Wildman–Crippen MR) is 276 cm³/mol. The van der Waals surface area contributed by atoms with Crippen LogP contribution < -0.4 is 10.5 Å². The lowest BCUT2D eigenvalue weighted by atomic mass is 10.0. The van der Waals surface area contributed by atoms with Crippen LogP contribution in [-0.4, -0.2) is 100 Å². The van der Waals surface area contributed by atoms with Crippen molar-refractivity contribution in [1.29, 1.82) is 0 Å². The zero-order chi connectivity index (χ0) is 58.8. The molecule has 0 aliphatic heterocycles. The molecule has 8 aromatic carbocycles. The molecule has 37 heteroatoms. The number of aromatic hydroxyl groups is 3. The normalized spacial score (nSPS) is 13.3. The fourth-order valence-corrected chi connectivity index (χ4v) is 11.5. The minimum Gasteiger partial charge on any atom is -0.505 e. The SMILES string of the molecule is COc1ccc(N=Nc2c(S(=O)(=O)O)cc3cc(N=Nc4c(S(=O)(=O)O)cc5cc(S(=O)(=O)O)c(N=Nc6ccc7cc(S(=O)(=O)O)c(N=Nc8ccccc8S(=O)(=O)O)c(O)c7c6)c(N)c5c4O)ccc3c2O)c(S(=O)(=O)O)c1. The van der Waals surface area contributed by atoms with Crippen LogP contribution in [0.5, 0.6) is 23.0 Å². The van der Waals surface area contributed by atoms with E-state index in [0.717, 1.165) is 72.8 Å². The van der Waals surface area contributed by atoms with Gasteiger partial charge in [-0.15, -0.1) is 30.7 Å². The Morgan fingerprint density at radius 3 is 1.34 bits per heavy atom. The molecule has 0 spiro atoms. The number of hydrogen-bond donors (Lipinski definition) is 10. The van der Waals surface area contributed by atoms with Crippen molar-refractivity contribution in [3.8, 4) is 23.0 Å². The van der Waals surface area contributed by atoms with Crippen LogP contribution in [0, 0.1) is 0 Å². The van der Waals surface area contributed by atoms with Gasteiger partial charge in [-0.05, 0) is 95.0 Å². The average molecular weight is 1220 g/mol. The first kappa shape index (κ1) is 57.6. The van der Waals surface area contributed by atoms with Gasteiger partial charge in [-0.2, -0.15) is 60.7 Å². The van der Waals surface area contributed by atoms with Crippen molar-refractivity contribution in [1.82, 2.24) is 0 Å². The second kappa shape index (κ2) is 20.6. The maximum absolute atomic E-state index is 12.8. The number of azo groups is 4. The fourth-order valence-electron chi connectivity index (χ4n) is 7.58. The molecule has 11 N–H and O–H groups in total. The number of ether oxygens (including phenoxy) is 1. The van der Waals surface area contributed by atoms with E-state index in [-0.39, 0.29) is 38.7 Å². The topological polar surface area (TPSA) is 521 Å². The van der Waals surface area contributed by atoms with Crippen molar-refractivity contribution >= 4 is 144 Å². The van der Waals surface area contributed by atoms with E-state index in [1.165, 1.54) is 25.3 Å². The Bertz CT molecular complexity index is 4870. The molecule has 0 aliphatic rings. The van der Waals surface area contributed by atoms with Crippen molar-refractivity contribution in [2.75, 3.05) is 12.8 Å². The quantitative estimate of drug-likeness (QED) is 0.0260. The van der Waals surface area contributed by atoms with Crippen LogP contribution in [0.25, 0.3) is 32.3 Å². The first-order valence-electron chi connectivity index (χ1n) is 21.1. The van der Waals surface area contributed by atoms with Crippen molar-refractivity contribution in [3.63, 3.8) is 0 Å². The average Bonchev–Trinajstić information content (AvgIpc) is 3.36. The molecule has 0 radical (unpaired) electrons. The summed E-state index contributed by atoms with van der Waals surface area (Å²) in [5, 5.41) is 61.8. The number of nitrogens with two attached hydrogens (primary N) is 1. The molecule has 31 nitrogen and oxygen atoms in total. The number of hydrogen-bond acceptors (Lipinski definition) is 25. The van der Waals surface area contributed by atoms with Gasteiger partial charge in [0.1, 0.15) is 69.2 Å². The summed E-state index contributed by atoms with van der Waals surface area (Å²) in [5.41, 5.74) is -0.174. The molecule has 8 rings (SSSR count). The lowest BCUT2D eigenvalue weighted by Gasteiger charge is -2.14. The third-order valence-corrected chi connectivity index (χ3v) is 16.4. The highest BCUT2D eigenvalue weighted by Gasteiger charge is 2.30. The summed E-state index contributed by atoms with van der Waals surface area (Å²) >= 11 is 0. The molecular formula is C43H31N9O22S6. The summed E-state index contributed by atoms with van der Waals surface area (Å²) in [4.78, 5) is -6.17. The molecule has 0 aromatic heterocycles. The molecule has 0 unspecified atom stereocenters. The second-order valence-corrected chi connectivity index (χ2v) is 24.6. The van der Waals surface area contributed by atoms with Crippen LogP contribution in [0.15, 0.2) is 173 Å². The highest BCUT2D eigenvalue weighted by atomic mass is 32.2. The van der Waals surface area contributed by atoms with Crippen molar-refractivity contribution in [3.05, 3.63) is 103 Å².